The van der Waals surface area contributed by atoms with Gasteiger partial charge in [0.15, 0.2) is 11.6 Å². The Morgan fingerprint density at radius 3 is 2.84 bits per heavy atom. The van der Waals surface area contributed by atoms with E-state index in [9.17, 15) is 9.18 Å². The summed E-state index contributed by atoms with van der Waals surface area (Å²) in [5.74, 6) is -0.554. The van der Waals surface area contributed by atoms with E-state index in [2.05, 4.69) is 10.3 Å². The highest BCUT2D eigenvalue weighted by Crippen LogP contribution is 2.19. The Kier molecular flexibility index (Phi) is 4.55. The van der Waals surface area contributed by atoms with Crippen LogP contribution in [0.5, 0.6) is 0 Å². The van der Waals surface area contributed by atoms with E-state index in [4.69, 9.17) is 17.3 Å². The van der Waals surface area contributed by atoms with E-state index in [-0.39, 0.29) is 29.3 Å². The first-order valence-corrected chi connectivity index (χ1v) is 6.50. The van der Waals surface area contributed by atoms with E-state index >= 15 is 0 Å². The largest absolute Gasteiger partial charge is 0.369 e. The van der Waals surface area contributed by atoms with Crippen LogP contribution in [0.4, 0.5) is 10.2 Å². The molecule has 104 valence electrons. The maximum atomic E-state index is 13.6. The quantitative estimate of drug-likeness (QED) is 0.873. The van der Waals surface area contributed by atoms with E-state index in [0.29, 0.717) is 0 Å². The normalized spacial score (nSPS) is 17.4. The molecule has 1 amide bonds. The molecule has 7 heteroatoms. The van der Waals surface area contributed by atoms with Gasteiger partial charge in [-0.05, 0) is 18.9 Å². The fraction of sp³-hybridized carbons (Fsp3) is 0.500. The highest BCUT2D eigenvalue weighted by atomic mass is 35.5. The Morgan fingerprint density at radius 1 is 1.58 bits per heavy atom. The van der Waals surface area contributed by atoms with Crippen LogP contribution in [-0.2, 0) is 4.79 Å². The maximum Gasteiger partial charge on any atom is 0.231 e. The molecular formula is C12H16ClFN4O. The van der Waals surface area contributed by atoms with Crippen LogP contribution in [0.3, 0.4) is 0 Å². The van der Waals surface area contributed by atoms with Crippen molar-refractivity contribution >= 4 is 23.3 Å². The number of nitrogens with one attached hydrogen (secondary N) is 1. The average Bonchev–Trinajstić information content (AvgIpc) is 2.34. The smallest absolute Gasteiger partial charge is 0.231 e. The van der Waals surface area contributed by atoms with Gasteiger partial charge >= 0.3 is 0 Å². The fourth-order valence-corrected chi connectivity index (χ4v) is 2.31. The number of nitrogens with two attached hydrogens (primary N) is 1. The number of carbonyl (C=O) groups is 1. The molecule has 1 aromatic heterocycles. The molecular weight excluding hydrogens is 271 g/mol. The minimum atomic E-state index is -0.452. The first-order valence-electron chi connectivity index (χ1n) is 6.13. The lowest BCUT2D eigenvalue weighted by atomic mass is 10.1. The molecule has 0 aliphatic carbocycles. The summed E-state index contributed by atoms with van der Waals surface area (Å²) in [6, 6.07) is 1.38. The van der Waals surface area contributed by atoms with Crippen molar-refractivity contribution in [3.63, 3.8) is 0 Å². The monoisotopic (exact) mass is 286 g/mol. The van der Waals surface area contributed by atoms with Gasteiger partial charge in [0.1, 0.15) is 0 Å². The molecule has 19 heavy (non-hydrogen) atoms. The predicted octanol–water partition coefficient (Wildman–Crippen LogP) is 1.24. The van der Waals surface area contributed by atoms with Crippen LogP contribution >= 0.6 is 11.6 Å². The standard InChI is InChI=1S/C12H16ClFN4O/c13-8-5-10(14)12(16-6-8)17-9-1-3-18(4-2-9)7-11(15)19/h5-6,9H,1-4,7H2,(H2,15,19)(H,16,17). The summed E-state index contributed by atoms with van der Waals surface area (Å²) < 4.78 is 13.6. The minimum absolute atomic E-state index is 0.146. The summed E-state index contributed by atoms with van der Waals surface area (Å²) in [5, 5.41) is 3.34. The van der Waals surface area contributed by atoms with Crippen molar-refractivity contribution < 1.29 is 9.18 Å². The third-order valence-corrected chi connectivity index (χ3v) is 3.32. The van der Waals surface area contributed by atoms with Crippen LogP contribution < -0.4 is 11.1 Å². The Morgan fingerprint density at radius 2 is 2.26 bits per heavy atom. The third-order valence-electron chi connectivity index (χ3n) is 3.12. The molecule has 0 spiro atoms. The summed E-state index contributed by atoms with van der Waals surface area (Å²) >= 11 is 5.65. The molecule has 0 atom stereocenters. The van der Waals surface area contributed by atoms with E-state index < -0.39 is 5.82 Å². The third kappa shape index (κ3) is 4.04. The number of hydrogen-bond acceptors (Lipinski definition) is 4. The second kappa shape index (κ2) is 6.16. The Hall–Kier alpha value is -1.40. The lowest BCUT2D eigenvalue weighted by molar-refractivity contribution is -0.119. The minimum Gasteiger partial charge on any atom is -0.369 e. The number of amides is 1. The van der Waals surface area contributed by atoms with Crippen LogP contribution in [0.15, 0.2) is 12.3 Å². The average molecular weight is 287 g/mol. The number of primary amides is 1. The van der Waals surface area contributed by atoms with Crippen molar-refractivity contribution in [3.8, 4) is 0 Å². The zero-order valence-corrected chi connectivity index (χ0v) is 11.2. The van der Waals surface area contributed by atoms with Crippen LogP contribution in [0.2, 0.25) is 5.02 Å². The number of carbonyl (C=O) groups excluding carboxylic acids is 1. The van der Waals surface area contributed by atoms with Crippen LogP contribution in [0.25, 0.3) is 0 Å². The topological polar surface area (TPSA) is 71.2 Å². The Balaban J connectivity index is 1.87. The summed E-state index contributed by atoms with van der Waals surface area (Å²) in [7, 11) is 0. The van der Waals surface area contributed by atoms with Gasteiger partial charge in [-0.15, -0.1) is 0 Å². The predicted molar refractivity (Wildman–Crippen MR) is 71.5 cm³/mol. The molecule has 2 heterocycles. The van der Waals surface area contributed by atoms with Crippen molar-refractivity contribution in [2.24, 2.45) is 5.73 Å². The molecule has 1 saturated heterocycles. The molecule has 1 aliphatic heterocycles. The number of rotatable bonds is 4. The van der Waals surface area contributed by atoms with Crippen molar-refractivity contribution in [1.29, 1.82) is 0 Å². The van der Waals surface area contributed by atoms with Gasteiger partial charge in [-0.25, -0.2) is 9.37 Å². The fourth-order valence-electron chi connectivity index (χ4n) is 2.17. The van der Waals surface area contributed by atoms with Gasteiger partial charge < -0.3 is 11.1 Å². The van der Waals surface area contributed by atoms with Gasteiger partial charge in [0.25, 0.3) is 0 Å². The molecule has 0 unspecified atom stereocenters. The maximum absolute atomic E-state index is 13.6. The molecule has 3 N–H and O–H groups in total. The van der Waals surface area contributed by atoms with E-state index in [1.807, 2.05) is 4.90 Å². The van der Waals surface area contributed by atoms with Gasteiger partial charge in [0, 0.05) is 25.3 Å². The number of piperidine rings is 1. The number of aromatic nitrogens is 1. The number of likely N-dealkylation sites (tertiary alicyclic amines) is 1. The van der Waals surface area contributed by atoms with Gasteiger partial charge in [-0.1, -0.05) is 11.6 Å². The van der Waals surface area contributed by atoms with E-state index in [1.165, 1.54) is 12.3 Å². The van der Waals surface area contributed by atoms with Crippen molar-refractivity contribution in [2.45, 2.75) is 18.9 Å². The molecule has 5 nitrogen and oxygen atoms in total. The van der Waals surface area contributed by atoms with Gasteiger partial charge in [-0.2, -0.15) is 0 Å². The summed E-state index contributed by atoms with van der Waals surface area (Å²) in [5.41, 5.74) is 5.15. The number of hydrogen-bond donors (Lipinski definition) is 2. The summed E-state index contributed by atoms with van der Waals surface area (Å²) in [6.45, 7) is 1.80. The number of anilines is 1. The molecule has 1 fully saturated rings. The van der Waals surface area contributed by atoms with Crippen molar-refractivity contribution in [3.05, 3.63) is 23.1 Å². The van der Waals surface area contributed by atoms with Gasteiger partial charge in [0.05, 0.1) is 11.6 Å². The van der Waals surface area contributed by atoms with Crippen LogP contribution in [-0.4, -0.2) is 41.5 Å². The highest BCUT2D eigenvalue weighted by molar-refractivity contribution is 6.30. The lowest BCUT2D eigenvalue weighted by Crippen LogP contribution is -2.43. The molecule has 0 aromatic carbocycles. The van der Waals surface area contributed by atoms with Gasteiger partial charge in [-0.3, -0.25) is 9.69 Å². The molecule has 1 aliphatic rings. The van der Waals surface area contributed by atoms with Gasteiger partial charge in [0.2, 0.25) is 5.91 Å². The second-order valence-electron chi connectivity index (χ2n) is 4.65. The van der Waals surface area contributed by atoms with E-state index in [1.54, 1.807) is 0 Å². The molecule has 0 radical (unpaired) electrons. The summed E-state index contributed by atoms with van der Waals surface area (Å²) in [4.78, 5) is 16.7. The Labute approximate surface area is 115 Å². The molecule has 2 rings (SSSR count). The number of nitrogens with zero attached hydrogens (tertiary/aromatic N) is 2. The zero-order chi connectivity index (χ0) is 13.8. The second-order valence-corrected chi connectivity index (χ2v) is 5.08. The molecule has 0 bridgehead atoms. The Bertz CT molecular complexity index is 463. The molecule has 0 saturated carbocycles. The zero-order valence-electron chi connectivity index (χ0n) is 10.4. The number of halogens is 2. The van der Waals surface area contributed by atoms with Crippen molar-refractivity contribution in [1.82, 2.24) is 9.88 Å². The first-order chi connectivity index (χ1) is 9.04. The SMILES string of the molecule is NC(=O)CN1CCC(Nc2ncc(Cl)cc2F)CC1. The van der Waals surface area contributed by atoms with Crippen LogP contribution in [0.1, 0.15) is 12.8 Å². The van der Waals surface area contributed by atoms with E-state index in [0.717, 1.165) is 25.9 Å². The molecule has 1 aromatic rings. The summed E-state index contributed by atoms with van der Waals surface area (Å²) in [6.07, 6.45) is 3.04. The number of pyridine rings is 1. The van der Waals surface area contributed by atoms with Crippen LogP contribution in [0, 0.1) is 5.82 Å². The lowest BCUT2D eigenvalue weighted by Gasteiger charge is -2.31. The first kappa shape index (κ1) is 14.0. The van der Waals surface area contributed by atoms with Crippen molar-refractivity contribution in [2.75, 3.05) is 25.0 Å². The highest BCUT2D eigenvalue weighted by Gasteiger charge is 2.21.